The van der Waals surface area contributed by atoms with Crippen molar-refractivity contribution in [3.63, 3.8) is 0 Å². The fourth-order valence-corrected chi connectivity index (χ4v) is 1.99. The minimum Gasteiger partial charge on any atom is -0.0683 e. The second-order valence-corrected chi connectivity index (χ2v) is 3.67. The van der Waals surface area contributed by atoms with E-state index in [0.29, 0.717) is 0 Å². The molecule has 2 rings (SSSR count). The van der Waals surface area contributed by atoms with Crippen molar-refractivity contribution in [2.24, 2.45) is 5.92 Å². The lowest BCUT2D eigenvalue weighted by molar-refractivity contribution is 0.532. The zero-order valence-corrected chi connectivity index (χ0v) is 9.17. The standard InChI is InChI=1S/C11H14.C2H6/c1-8-7-10-5-3-4-6-11(10)9(8)2;1-2/h3-6,8-9H,7H2,1-2H3;1-2H3. The predicted molar refractivity (Wildman–Crippen MR) is 59.1 cm³/mol. The van der Waals surface area contributed by atoms with Gasteiger partial charge in [0.2, 0.25) is 0 Å². The molecule has 0 heterocycles. The van der Waals surface area contributed by atoms with Crippen molar-refractivity contribution in [1.29, 1.82) is 0 Å². The molecule has 1 aromatic rings. The van der Waals surface area contributed by atoms with E-state index in [1.165, 1.54) is 6.42 Å². The molecule has 0 N–H and O–H groups in total. The van der Waals surface area contributed by atoms with Gasteiger partial charge in [0.25, 0.3) is 0 Å². The zero-order valence-electron chi connectivity index (χ0n) is 9.17. The highest BCUT2D eigenvalue weighted by Crippen LogP contribution is 2.36. The summed E-state index contributed by atoms with van der Waals surface area (Å²) in [5.41, 5.74) is 3.13. The van der Waals surface area contributed by atoms with Gasteiger partial charge in [-0.2, -0.15) is 0 Å². The Morgan fingerprint density at radius 2 is 1.69 bits per heavy atom. The molecule has 1 aliphatic carbocycles. The highest BCUT2D eigenvalue weighted by Gasteiger charge is 2.24. The summed E-state index contributed by atoms with van der Waals surface area (Å²) in [5.74, 6) is 1.61. The SMILES string of the molecule is CC.CC1Cc2ccccc2C1C. The Labute approximate surface area is 82.0 Å². The molecule has 0 amide bonds. The summed E-state index contributed by atoms with van der Waals surface area (Å²) in [7, 11) is 0. The molecule has 0 spiro atoms. The first-order chi connectivity index (χ1) is 6.29. The van der Waals surface area contributed by atoms with E-state index < -0.39 is 0 Å². The average Bonchev–Trinajstić information content (AvgIpc) is 2.47. The normalized spacial score (nSPS) is 24.6. The van der Waals surface area contributed by atoms with Crippen molar-refractivity contribution in [3.8, 4) is 0 Å². The summed E-state index contributed by atoms with van der Waals surface area (Å²) in [6.45, 7) is 8.67. The molecule has 0 radical (unpaired) electrons. The van der Waals surface area contributed by atoms with Gasteiger partial charge in [0, 0.05) is 0 Å². The second-order valence-electron chi connectivity index (χ2n) is 3.67. The summed E-state index contributed by atoms with van der Waals surface area (Å²) >= 11 is 0. The van der Waals surface area contributed by atoms with Gasteiger partial charge in [0.1, 0.15) is 0 Å². The summed E-state index contributed by atoms with van der Waals surface area (Å²) in [6.07, 6.45) is 1.28. The van der Waals surface area contributed by atoms with Gasteiger partial charge in [-0.15, -0.1) is 0 Å². The van der Waals surface area contributed by atoms with E-state index in [0.717, 1.165) is 11.8 Å². The van der Waals surface area contributed by atoms with Gasteiger partial charge < -0.3 is 0 Å². The molecule has 13 heavy (non-hydrogen) atoms. The van der Waals surface area contributed by atoms with Crippen LogP contribution < -0.4 is 0 Å². The fourth-order valence-electron chi connectivity index (χ4n) is 1.99. The topological polar surface area (TPSA) is 0 Å². The van der Waals surface area contributed by atoms with Crippen molar-refractivity contribution in [3.05, 3.63) is 35.4 Å². The fraction of sp³-hybridized carbons (Fsp3) is 0.538. The maximum atomic E-state index is 2.34. The zero-order chi connectivity index (χ0) is 9.84. The highest BCUT2D eigenvalue weighted by molar-refractivity contribution is 5.35. The van der Waals surface area contributed by atoms with Crippen LogP contribution >= 0.6 is 0 Å². The Morgan fingerprint density at radius 3 is 2.31 bits per heavy atom. The van der Waals surface area contributed by atoms with Crippen LogP contribution in [-0.2, 0) is 6.42 Å². The Hall–Kier alpha value is -0.780. The minimum atomic E-state index is 0.770. The molecule has 0 saturated heterocycles. The smallest absolute Gasteiger partial charge is 0.0159 e. The molecule has 0 saturated carbocycles. The molecule has 0 nitrogen and oxygen atoms in total. The highest BCUT2D eigenvalue weighted by atomic mass is 14.3. The third-order valence-electron chi connectivity index (χ3n) is 2.94. The molecule has 0 aliphatic heterocycles. The second kappa shape index (κ2) is 4.45. The first-order valence-electron chi connectivity index (χ1n) is 5.37. The van der Waals surface area contributed by atoms with Gasteiger partial charge in [-0.05, 0) is 29.4 Å². The van der Waals surface area contributed by atoms with Gasteiger partial charge in [0.15, 0.2) is 0 Å². The van der Waals surface area contributed by atoms with Gasteiger partial charge >= 0.3 is 0 Å². The van der Waals surface area contributed by atoms with Crippen molar-refractivity contribution < 1.29 is 0 Å². The Bertz CT molecular complexity index is 262. The number of benzene rings is 1. The largest absolute Gasteiger partial charge is 0.0683 e. The molecule has 0 heteroatoms. The number of hydrogen-bond acceptors (Lipinski definition) is 0. The molecule has 0 aromatic heterocycles. The lowest BCUT2D eigenvalue weighted by Crippen LogP contribution is -1.97. The Kier molecular flexibility index (Phi) is 3.53. The van der Waals surface area contributed by atoms with Crippen LogP contribution in [0.1, 0.15) is 44.7 Å². The van der Waals surface area contributed by atoms with Crippen LogP contribution in [0.2, 0.25) is 0 Å². The van der Waals surface area contributed by atoms with Crippen LogP contribution in [0, 0.1) is 5.92 Å². The van der Waals surface area contributed by atoms with Gasteiger partial charge in [0.05, 0.1) is 0 Å². The first-order valence-corrected chi connectivity index (χ1v) is 5.37. The van der Waals surface area contributed by atoms with Crippen molar-refractivity contribution in [2.45, 2.75) is 40.0 Å². The maximum absolute atomic E-state index is 2.34. The van der Waals surface area contributed by atoms with Crippen LogP contribution in [0.3, 0.4) is 0 Å². The molecule has 0 bridgehead atoms. The van der Waals surface area contributed by atoms with Gasteiger partial charge in [-0.25, -0.2) is 0 Å². The summed E-state index contributed by atoms with van der Waals surface area (Å²) in [6, 6.07) is 8.82. The van der Waals surface area contributed by atoms with E-state index in [1.807, 2.05) is 13.8 Å². The van der Waals surface area contributed by atoms with Crippen molar-refractivity contribution >= 4 is 0 Å². The molecule has 2 atom stereocenters. The van der Waals surface area contributed by atoms with Gasteiger partial charge in [-0.1, -0.05) is 52.0 Å². The maximum Gasteiger partial charge on any atom is -0.0159 e. The van der Waals surface area contributed by atoms with Gasteiger partial charge in [-0.3, -0.25) is 0 Å². The number of fused-ring (bicyclic) bond motifs is 1. The van der Waals surface area contributed by atoms with Crippen LogP contribution in [0.25, 0.3) is 0 Å². The minimum absolute atomic E-state index is 0.770. The van der Waals surface area contributed by atoms with E-state index in [4.69, 9.17) is 0 Å². The molecule has 0 fully saturated rings. The van der Waals surface area contributed by atoms with E-state index in [2.05, 4.69) is 38.1 Å². The van der Waals surface area contributed by atoms with E-state index in [-0.39, 0.29) is 0 Å². The Morgan fingerprint density at radius 1 is 1.08 bits per heavy atom. The van der Waals surface area contributed by atoms with Crippen LogP contribution in [0.5, 0.6) is 0 Å². The predicted octanol–water partition coefficient (Wildman–Crippen LogP) is 4.01. The number of hydrogen-bond donors (Lipinski definition) is 0. The molecule has 1 aliphatic rings. The van der Waals surface area contributed by atoms with E-state index >= 15 is 0 Å². The lowest BCUT2D eigenvalue weighted by Gasteiger charge is -2.08. The lowest BCUT2D eigenvalue weighted by atomic mass is 9.97. The van der Waals surface area contributed by atoms with E-state index in [1.54, 1.807) is 11.1 Å². The Balaban J connectivity index is 0.000000396. The van der Waals surface area contributed by atoms with Crippen LogP contribution in [0.4, 0.5) is 0 Å². The first kappa shape index (κ1) is 10.3. The molecular weight excluding hydrogens is 156 g/mol. The summed E-state index contributed by atoms with van der Waals surface area (Å²) < 4.78 is 0. The van der Waals surface area contributed by atoms with Crippen LogP contribution in [0.15, 0.2) is 24.3 Å². The molecule has 72 valence electrons. The van der Waals surface area contributed by atoms with Crippen molar-refractivity contribution in [1.82, 2.24) is 0 Å². The van der Waals surface area contributed by atoms with E-state index in [9.17, 15) is 0 Å². The van der Waals surface area contributed by atoms with Crippen molar-refractivity contribution in [2.75, 3.05) is 0 Å². The molecule has 2 unspecified atom stereocenters. The quantitative estimate of drug-likeness (QED) is 0.560. The molecule has 1 aromatic carbocycles. The summed E-state index contributed by atoms with van der Waals surface area (Å²) in [5, 5.41) is 0. The van der Waals surface area contributed by atoms with Crippen LogP contribution in [-0.4, -0.2) is 0 Å². The third kappa shape index (κ3) is 1.93. The monoisotopic (exact) mass is 176 g/mol. The summed E-state index contributed by atoms with van der Waals surface area (Å²) in [4.78, 5) is 0. The number of rotatable bonds is 0. The third-order valence-corrected chi connectivity index (χ3v) is 2.94. The molecular formula is C13H20. The average molecular weight is 176 g/mol.